The van der Waals surface area contributed by atoms with Gasteiger partial charge in [-0.15, -0.1) is 0 Å². The second-order valence-electron chi connectivity index (χ2n) is 7.13. The van der Waals surface area contributed by atoms with Crippen LogP contribution < -0.4 is 0 Å². The van der Waals surface area contributed by atoms with Crippen molar-refractivity contribution in [2.24, 2.45) is 5.41 Å². The lowest BCUT2D eigenvalue weighted by Gasteiger charge is -2.44. The van der Waals surface area contributed by atoms with Crippen molar-refractivity contribution < 1.29 is 4.79 Å². The largest absolute Gasteiger partial charge is 0.296 e. The van der Waals surface area contributed by atoms with Gasteiger partial charge in [-0.25, -0.2) is 0 Å². The smallest absolute Gasteiger partial charge is 0.176 e. The van der Waals surface area contributed by atoms with Crippen LogP contribution in [0.1, 0.15) is 60.9 Å². The van der Waals surface area contributed by atoms with Gasteiger partial charge in [-0.05, 0) is 57.2 Å². The Balaban J connectivity index is 1.54. The van der Waals surface area contributed by atoms with E-state index in [-0.39, 0.29) is 5.78 Å². The third kappa shape index (κ3) is 3.55. The summed E-state index contributed by atoms with van der Waals surface area (Å²) < 4.78 is 0. The third-order valence-electron chi connectivity index (χ3n) is 5.54. The summed E-state index contributed by atoms with van der Waals surface area (Å²) in [5.74, 6) is 0.276. The number of carbonyl (C=O) groups excluding carboxylic acids is 1. The van der Waals surface area contributed by atoms with E-state index in [1.807, 2.05) is 31.2 Å². The first-order valence-corrected chi connectivity index (χ1v) is 8.49. The molecule has 0 bridgehead atoms. The molecule has 2 fully saturated rings. The average Bonchev–Trinajstić information content (AvgIpc) is 2.51. The number of piperidine rings is 1. The maximum Gasteiger partial charge on any atom is 0.176 e. The molecule has 0 atom stereocenters. The number of likely N-dealkylation sites (tertiary alicyclic amines) is 1. The minimum atomic E-state index is 0.276. The number of hydrogen-bond acceptors (Lipinski definition) is 2. The molecule has 0 aromatic heterocycles. The minimum absolute atomic E-state index is 0.276. The van der Waals surface area contributed by atoms with Gasteiger partial charge in [-0.3, -0.25) is 9.69 Å². The van der Waals surface area contributed by atoms with E-state index in [9.17, 15) is 4.79 Å². The highest BCUT2D eigenvalue weighted by molar-refractivity contribution is 5.97. The first-order valence-electron chi connectivity index (χ1n) is 8.49. The number of hydrogen-bond donors (Lipinski definition) is 0. The molecule has 1 aliphatic carbocycles. The molecule has 1 spiro atoms. The molecular formula is C19H27NO. The molecule has 1 saturated carbocycles. The van der Waals surface area contributed by atoms with Crippen LogP contribution in [0, 0.1) is 12.3 Å². The van der Waals surface area contributed by atoms with Crippen LogP contribution in [-0.4, -0.2) is 30.3 Å². The van der Waals surface area contributed by atoms with E-state index < -0.39 is 0 Å². The second kappa shape index (κ2) is 6.31. The molecule has 1 saturated heterocycles. The van der Waals surface area contributed by atoms with Crippen molar-refractivity contribution in [3.05, 3.63) is 35.4 Å². The Morgan fingerprint density at radius 3 is 2.48 bits per heavy atom. The lowest BCUT2D eigenvalue weighted by Crippen LogP contribution is -2.43. The van der Waals surface area contributed by atoms with Gasteiger partial charge in [-0.2, -0.15) is 0 Å². The van der Waals surface area contributed by atoms with Gasteiger partial charge >= 0.3 is 0 Å². The number of nitrogens with zero attached hydrogens (tertiary/aromatic N) is 1. The van der Waals surface area contributed by atoms with Crippen LogP contribution in [0.25, 0.3) is 0 Å². The first-order chi connectivity index (χ1) is 10.2. The fourth-order valence-electron chi connectivity index (χ4n) is 4.10. The molecule has 3 rings (SSSR count). The molecule has 0 radical (unpaired) electrons. The van der Waals surface area contributed by atoms with Crippen LogP contribution >= 0.6 is 0 Å². The Morgan fingerprint density at radius 2 is 1.81 bits per heavy atom. The van der Waals surface area contributed by atoms with E-state index >= 15 is 0 Å². The van der Waals surface area contributed by atoms with Gasteiger partial charge in [0.2, 0.25) is 0 Å². The van der Waals surface area contributed by atoms with Gasteiger partial charge in [0.05, 0.1) is 6.54 Å². The minimum Gasteiger partial charge on any atom is -0.296 e. The maximum absolute atomic E-state index is 12.4. The topological polar surface area (TPSA) is 20.3 Å². The third-order valence-corrected chi connectivity index (χ3v) is 5.54. The van der Waals surface area contributed by atoms with Gasteiger partial charge in [0, 0.05) is 5.56 Å². The quantitative estimate of drug-likeness (QED) is 0.775. The van der Waals surface area contributed by atoms with Crippen LogP contribution in [0.4, 0.5) is 0 Å². The number of rotatable bonds is 3. The zero-order valence-corrected chi connectivity index (χ0v) is 13.2. The summed E-state index contributed by atoms with van der Waals surface area (Å²) in [5, 5.41) is 0. The molecule has 1 aromatic carbocycles. The first kappa shape index (κ1) is 14.8. The molecule has 0 unspecified atom stereocenters. The van der Waals surface area contributed by atoms with Crippen molar-refractivity contribution in [1.82, 2.24) is 4.90 Å². The molecule has 2 heteroatoms. The van der Waals surface area contributed by atoms with Crippen molar-refractivity contribution in [3.63, 3.8) is 0 Å². The Bertz CT molecular complexity index is 492. The van der Waals surface area contributed by atoms with Crippen LogP contribution in [0.15, 0.2) is 24.3 Å². The lowest BCUT2D eigenvalue weighted by atomic mass is 9.68. The number of carbonyl (C=O) groups is 1. The molecule has 1 aromatic rings. The van der Waals surface area contributed by atoms with E-state index in [2.05, 4.69) is 4.90 Å². The SMILES string of the molecule is Cc1cccc(C(=O)CN2CCC3(CCCCC3)CC2)c1. The maximum atomic E-state index is 12.4. The zero-order chi connectivity index (χ0) is 14.7. The van der Waals surface area contributed by atoms with E-state index in [1.165, 1.54) is 50.5 Å². The highest BCUT2D eigenvalue weighted by Crippen LogP contribution is 2.44. The molecular weight excluding hydrogens is 258 g/mol. The Morgan fingerprint density at radius 1 is 1.10 bits per heavy atom. The molecule has 2 aliphatic rings. The standard InChI is InChI=1S/C19H27NO/c1-16-6-5-7-17(14-16)18(21)15-20-12-10-19(11-13-20)8-3-2-4-9-19/h5-7,14H,2-4,8-13,15H2,1H3. The molecule has 114 valence electrons. The molecule has 0 N–H and O–H groups in total. The van der Waals surface area contributed by atoms with Gasteiger partial charge in [-0.1, -0.05) is 43.0 Å². The summed E-state index contributed by atoms with van der Waals surface area (Å²) in [6.45, 7) is 4.86. The monoisotopic (exact) mass is 285 g/mol. The van der Waals surface area contributed by atoms with Crippen LogP contribution in [0.5, 0.6) is 0 Å². The summed E-state index contributed by atoms with van der Waals surface area (Å²) in [6.07, 6.45) is 9.71. The lowest BCUT2D eigenvalue weighted by molar-refractivity contribution is 0.0611. The Labute approximate surface area is 128 Å². The number of Topliss-reactive ketones (excluding diaryl/α,β-unsaturated/α-hetero) is 1. The van der Waals surface area contributed by atoms with Crippen molar-refractivity contribution >= 4 is 5.78 Å². The predicted molar refractivity (Wildman–Crippen MR) is 86.7 cm³/mol. The number of benzene rings is 1. The van der Waals surface area contributed by atoms with E-state index in [0.29, 0.717) is 12.0 Å². The van der Waals surface area contributed by atoms with Crippen molar-refractivity contribution in [1.29, 1.82) is 0 Å². The van der Waals surface area contributed by atoms with Crippen LogP contribution in [0.2, 0.25) is 0 Å². The second-order valence-corrected chi connectivity index (χ2v) is 7.13. The van der Waals surface area contributed by atoms with E-state index in [1.54, 1.807) is 0 Å². The normalized spacial score (nSPS) is 22.3. The average molecular weight is 285 g/mol. The summed E-state index contributed by atoms with van der Waals surface area (Å²) in [7, 11) is 0. The highest BCUT2D eigenvalue weighted by Gasteiger charge is 2.35. The molecule has 21 heavy (non-hydrogen) atoms. The van der Waals surface area contributed by atoms with Gasteiger partial charge in [0.15, 0.2) is 5.78 Å². The summed E-state index contributed by atoms with van der Waals surface area (Å²) in [4.78, 5) is 14.8. The molecule has 2 nitrogen and oxygen atoms in total. The van der Waals surface area contributed by atoms with E-state index in [4.69, 9.17) is 0 Å². The fraction of sp³-hybridized carbons (Fsp3) is 0.632. The number of aryl methyl sites for hydroxylation is 1. The Kier molecular flexibility index (Phi) is 4.44. The molecule has 0 amide bonds. The summed E-state index contributed by atoms with van der Waals surface area (Å²) in [6, 6.07) is 7.98. The zero-order valence-electron chi connectivity index (χ0n) is 13.2. The van der Waals surface area contributed by atoms with Gasteiger partial charge in [0.25, 0.3) is 0 Å². The number of ketones is 1. The van der Waals surface area contributed by atoms with Gasteiger partial charge < -0.3 is 0 Å². The highest BCUT2D eigenvalue weighted by atomic mass is 16.1. The molecule has 1 aliphatic heterocycles. The van der Waals surface area contributed by atoms with Crippen molar-refractivity contribution in [2.75, 3.05) is 19.6 Å². The summed E-state index contributed by atoms with van der Waals surface area (Å²) in [5.41, 5.74) is 2.66. The van der Waals surface area contributed by atoms with Crippen LogP contribution in [-0.2, 0) is 0 Å². The molecule has 1 heterocycles. The van der Waals surface area contributed by atoms with E-state index in [0.717, 1.165) is 18.7 Å². The predicted octanol–water partition coefficient (Wildman–Crippen LogP) is 4.22. The van der Waals surface area contributed by atoms with Gasteiger partial charge in [0.1, 0.15) is 0 Å². The van der Waals surface area contributed by atoms with Crippen molar-refractivity contribution in [3.8, 4) is 0 Å². The Hall–Kier alpha value is -1.15. The van der Waals surface area contributed by atoms with Crippen molar-refractivity contribution in [2.45, 2.75) is 51.9 Å². The fourth-order valence-corrected chi connectivity index (χ4v) is 4.10. The van der Waals surface area contributed by atoms with Crippen LogP contribution in [0.3, 0.4) is 0 Å². The summed E-state index contributed by atoms with van der Waals surface area (Å²) >= 11 is 0.